The van der Waals surface area contributed by atoms with E-state index in [1.165, 1.54) is 12.8 Å². The number of nitrogens with one attached hydrogen (secondary N) is 1. The van der Waals surface area contributed by atoms with Crippen molar-refractivity contribution in [2.24, 2.45) is 0 Å². The molecule has 3 heterocycles. The van der Waals surface area contributed by atoms with Gasteiger partial charge in [-0.25, -0.2) is 9.97 Å². The van der Waals surface area contributed by atoms with Crippen LogP contribution in [0.15, 0.2) is 29.0 Å². The predicted octanol–water partition coefficient (Wildman–Crippen LogP) is 4.11. The Morgan fingerprint density at radius 1 is 1.21 bits per heavy atom. The van der Waals surface area contributed by atoms with Gasteiger partial charge in [-0.3, -0.25) is 4.79 Å². The number of methoxy groups -OCH3 is 1. The second-order valence-corrected chi connectivity index (χ2v) is 8.47. The lowest BCUT2D eigenvalue weighted by Gasteiger charge is -2.13. The molecule has 1 aliphatic heterocycles. The molecule has 28 heavy (non-hydrogen) atoms. The van der Waals surface area contributed by atoms with Gasteiger partial charge in [-0.05, 0) is 38.0 Å². The lowest BCUT2D eigenvalue weighted by Crippen LogP contribution is -2.22. The van der Waals surface area contributed by atoms with Crippen molar-refractivity contribution >= 4 is 33.7 Å². The first-order chi connectivity index (χ1) is 13.6. The second-order valence-electron chi connectivity index (χ2n) is 6.69. The zero-order valence-corrected chi connectivity index (χ0v) is 17.5. The van der Waals surface area contributed by atoms with Crippen LogP contribution in [0.5, 0.6) is 5.75 Å². The summed E-state index contributed by atoms with van der Waals surface area (Å²) in [4.78, 5) is 24.1. The number of thiazole rings is 2. The molecule has 4 rings (SSSR count). The third-order valence-corrected chi connectivity index (χ3v) is 6.54. The van der Waals surface area contributed by atoms with E-state index in [1.54, 1.807) is 35.8 Å². The SMILES string of the molecule is COc1ccc(C(=O)NCc2nc(C)cs2)cc1-c1csc(N2CCCC2)n1. The molecule has 0 radical (unpaired) electrons. The van der Waals surface area contributed by atoms with Crippen LogP contribution in [0.4, 0.5) is 5.13 Å². The minimum absolute atomic E-state index is 0.133. The van der Waals surface area contributed by atoms with Crippen molar-refractivity contribution in [3.05, 3.63) is 45.2 Å². The highest BCUT2D eigenvalue weighted by Gasteiger charge is 2.19. The van der Waals surface area contributed by atoms with Gasteiger partial charge in [-0.1, -0.05) is 0 Å². The molecule has 1 N–H and O–H groups in total. The predicted molar refractivity (Wildman–Crippen MR) is 114 cm³/mol. The van der Waals surface area contributed by atoms with E-state index in [-0.39, 0.29) is 5.91 Å². The fourth-order valence-electron chi connectivity index (χ4n) is 3.23. The van der Waals surface area contributed by atoms with Gasteiger partial charge < -0.3 is 15.0 Å². The number of hydrogen-bond donors (Lipinski definition) is 1. The van der Waals surface area contributed by atoms with Crippen LogP contribution in [0.25, 0.3) is 11.3 Å². The summed E-state index contributed by atoms with van der Waals surface area (Å²) in [6.45, 7) is 4.49. The molecule has 1 aliphatic rings. The van der Waals surface area contributed by atoms with Crippen molar-refractivity contribution in [3.8, 4) is 17.0 Å². The molecular formula is C20H22N4O2S2. The Morgan fingerprint density at radius 3 is 2.75 bits per heavy atom. The number of rotatable bonds is 6. The Bertz CT molecular complexity index is 976. The van der Waals surface area contributed by atoms with Crippen LogP contribution in [0.2, 0.25) is 0 Å². The third kappa shape index (κ3) is 4.02. The zero-order chi connectivity index (χ0) is 19.5. The number of carbonyl (C=O) groups is 1. The van der Waals surface area contributed by atoms with Gasteiger partial charge in [0.1, 0.15) is 10.8 Å². The van der Waals surface area contributed by atoms with E-state index in [0.29, 0.717) is 17.9 Å². The van der Waals surface area contributed by atoms with Gasteiger partial charge in [0.05, 0.1) is 19.3 Å². The van der Waals surface area contributed by atoms with Crippen LogP contribution >= 0.6 is 22.7 Å². The number of benzene rings is 1. The van der Waals surface area contributed by atoms with Crippen LogP contribution in [0.1, 0.15) is 33.9 Å². The Kier molecular flexibility index (Phi) is 5.59. The average Bonchev–Trinajstić information content (AvgIpc) is 3.46. The molecule has 6 nitrogen and oxygen atoms in total. The molecule has 8 heteroatoms. The summed E-state index contributed by atoms with van der Waals surface area (Å²) >= 11 is 3.19. The van der Waals surface area contributed by atoms with E-state index >= 15 is 0 Å². The second kappa shape index (κ2) is 8.28. The molecule has 0 bridgehead atoms. The molecule has 0 atom stereocenters. The Hall–Kier alpha value is -2.45. The molecule has 1 amide bonds. The maximum Gasteiger partial charge on any atom is 0.251 e. The number of aromatic nitrogens is 2. The maximum absolute atomic E-state index is 12.6. The number of ether oxygens (including phenoxy) is 1. The molecule has 146 valence electrons. The average molecular weight is 415 g/mol. The number of carbonyl (C=O) groups excluding carboxylic acids is 1. The van der Waals surface area contributed by atoms with Crippen molar-refractivity contribution in [2.75, 3.05) is 25.1 Å². The summed E-state index contributed by atoms with van der Waals surface area (Å²) < 4.78 is 5.51. The summed E-state index contributed by atoms with van der Waals surface area (Å²) in [6, 6.07) is 5.45. The highest BCUT2D eigenvalue weighted by molar-refractivity contribution is 7.14. The summed E-state index contributed by atoms with van der Waals surface area (Å²) in [6.07, 6.45) is 2.43. The molecule has 0 unspecified atom stereocenters. The Balaban J connectivity index is 1.54. The minimum atomic E-state index is -0.133. The lowest BCUT2D eigenvalue weighted by molar-refractivity contribution is 0.0951. The van der Waals surface area contributed by atoms with E-state index in [1.807, 2.05) is 29.8 Å². The van der Waals surface area contributed by atoms with Gasteiger partial charge in [-0.2, -0.15) is 0 Å². The van der Waals surface area contributed by atoms with Gasteiger partial charge in [0.15, 0.2) is 5.13 Å². The van der Waals surface area contributed by atoms with Gasteiger partial charge >= 0.3 is 0 Å². The van der Waals surface area contributed by atoms with Gasteiger partial charge in [0.25, 0.3) is 5.91 Å². The van der Waals surface area contributed by atoms with Crippen molar-refractivity contribution < 1.29 is 9.53 Å². The fourth-order valence-corrected chi connectivity index (χ4v) is 4.82. The van der Waals surface area contributed by atoms with Crippen LogP contribution in [0, 0.1) is 6.92 Å². The molecule has 1 aromatic carbocycles. The molecule has 2 aromatic heterocycles. The highest BCUT2D eigenvalue weighted by Crippen LogP contribution is 2.35. The van der Waals surface area contributed by atoms with Crippen molar-refractivity contribution in [2.45, 2.75) is 26.3 Å². The number of aryl methyl sites for hydroxylation is 1. The fraction of sp³-hybridized carbons (Fsp3) is 0.350. The largest absolute Gasteiger partial charge is 0.496 e. The number of nitrogens with zero attached hydrogens (tertiary/aromatic N) is 3. The van der Waals surface area contributed by atoms with Gasteiger partial charge in [-0.15, -0.1) is 22.7 Å². The molecule has 1 fully saturated rings. The monoisotopic (exact) mass is 414 g/mol. The van der Waals surface area contributed by atoms with Crippen molar-refractivity contribution in [3.63, 3.8) is 0 Å². The molecule has 0 saturated carbocycles. The van der Waals surface area contributed by atoms with E-state index in [0.717, 1.165) is 40.2 Å². The molecule has 3 aromatic rings. The quantitative estimate of drug-likeness (QED) is 0.657. The standard InChI is InChI=1S/C20H22N4O2S2/c1-13-11-27-18(22-13)10-21-19(25)14-5-6-17(26-2)15(9-14)16-12-28-20(23-16)24-7-3-4-8-24/h5-6,9,11-12H,3-4,7-8,10H2,1-2H3,(H,21,25). The van der Waals surface area contributed by atoms with Crippen LogP contribution in [-0.4, -0.2) is 36.1 Å². The smallest absolute Gasteiger partial charge is 0.251 e. The third-order valence-electron chi connectivity index (χ3n) is 4.67. The maximum atomic E-state index is 12.6. The summed E-state index contributed by atoms with van der Waals surface area (Å²) in [7, 11) is 1.64. The zero-order valence-electron chi connectivity index (χ0n) is 15.9. The van der Waals surface area contributed by atoms with Crippen molar-refractivity contribution in [1.29, 1.82) is 0 Å². The van der Waals surface area contributed by atoms with Crippen LogP contribution < -0.4 is 15.0 Å². The Labute approximate surface area is 172 Å². The molecular weight excluding hydrogens is 392 g/mol. The first-order valence-corrected chi connectivity index (χ1v) is 11.0. The lowest BCUT2D eigenvalue weighted by atomic mass is 10.1. The first-order valence-electron chi connectivity index (χ1n) is 9.22. The number of amides is 1. The molecule has 0 spiro atoms. The molecule has 1 saturated heterocycles. The van der Waals surface area contributed by atoms with E-state index < -0.39 is 0 Å². The van der Waals surface area contributed by atoms with Crippen LogP contribution in [-0.2, 0) is 6.54 Å². The van der Waals surface area contributed by atoms with Gasteiger partial charge in [0.2, 0.25) is 0 Å². The van der Waals surface area contributed by atoms with Crippen LogP contribution in [0.3, 0.4) is 0 Å². The van der Waals surface area contributed by atoms with E-state index in [9.17, 15) is 4.79 Å². The van der Waals surface area contributed by atoms with E-state index in [2.05, 4.69) is 15.2 Å². The first kappa shape index (κ1) is 18.9. The number of anilines is 1. The molecule has 0 aliphatic carbocycles. The summed E-state index contributed by atoms with van der Waals surface area (Å²) in [5.41, 5.74) is 3.23. The highest BCUT2D eigenvalue weighted by atomic mass is 32.1. The normalized spacial score (nSPS) is 13.7. The van der Waals surface area contributed by atoms with Gasteiger partial charge in [0, 0.05) is 40.7 Å². The van der Waals surface area contributed by atoms with Crippen molar-refractivity contribution in [1.82, 2.24) is 15.3 Å². The number of hydrogen-bond acceptors (Lipinski definition) is 7. The summed E-state index contributed by atoms with van der Waals surface area (Å²) in [5.74, 6) is 0.581. The van der Waals surface area contributed by atoms with E-state index in [4.69, 9.17) is 9.72 Å². The topological polar surface area (TPSA) is 67.3 Å². The summed E-state index contributed by atoms with van der Waals surface area (Å²) in [5, 5.41) is 8.88. The Morgan fingerprint density at radius 2 is 2.04 bits per heavy atom. The minimum Gasteiger partial charge on any atom is -0.496 e.